The Morgan fingerprint density at radius 2 is 1.24 bits per heavy atom. The predicted octanol–water partition coefficient (Wildman–Crippen LogP) is 4.06. The Kier molecular flexibility index (Phi) is 8.33. The van der Waals surface area contributed by atoms with Gasteiger partial charge in [0.2, 0.25) is 0 Å². The van der Waals surface area contributed by atoms with Crippen LogP contribution in [0.15, 0.2) is 91.0 Å². The number of carbonyl (C=O) groups is 2. The lowest BCUT2D eigenvalue weighted by molar-refractivity contribution is -0.142. The van der Waals surface area contributed by atoms with Gasteiger partial charge in [0.15, 0.2) is 6.67 Å². The normalized spacial score (nSPS) is 13.2. The van der Waals surface area contributed by atoms with Crippen LogP contribution in [0, 0.1) is 0 Å². The van der Waals surface area contributed by atoms with Gasteiger partial charge in [0.1, 0.15) is 6.04 Å². The van der Waals surface area contributed by atoms with Gasteiger partial charge in [-0.25, -0.2) is 9.18 Å². The summed E-state index contributed by atoms with van der Waals surface area (Å²) in [6, 6.07) is 28.6. The summed E-state index contributed by atoms with van der Waals surface area (Å²) in [5.74, 6) is -2.12. The van der Waals surface area contributed by atoms with Gasteiger partial charge in [-0.1, -0.05) is 91.0 Å². The van der Waals surface area contributed by atoms with Crippen molar-refractivity contribution in [3.63, 3.8) is 0 Å². The summed E-state index contributed by atoms with van der Waals surface area (Å²) in [6.45, 7) is -1.25. The molecule has 6 heteroatoms. The zero-order valence-electron chi connectivity index (χ0n) is 18.4. The topological polar surface area (TPSA) is 92.4 Å². The maximum absolute atomic E-state index is 12.6. The van der Waals surface area contributed by atoms with Crippen molar-refractivity contribution in [2.75, 3.05) is 6.67 Å². The first-order valence-electron chi connectivity index (χ1n) is 11.0. The zero-order valence-corrected chi connectivity index (χ0v) is 18.4. The van der Waals surface area contributed by atoms with E-state index in [4.69, 9.17) is 5.73 Å². The highest BCUT2D eigenvalue weighted by atomic mass is 19.1. The highest BCUT2D eigenvalue weighted by molar-refractivity contribution is 5.84. The Bertz CT molecular complexity index is 932. The number of carboxylic acid groups (broad SMARTS) is 1. The molecular weight excluding hydrogens is 419 g/mol. The minimum atomic E-state index is -1.25. The van der Waals surface area contributed by atoms with Gasteiger partial charge in [-0.2, -0.15) is 0 Å². The van der Waals surface area contributed by atoms with Gasteiger partial charge in [-0.15, -0.1) is 0 Å². The summed E-state index contributed by atoms with van der Waals surface area (Å²) in [5, 5.41) is 11.6. The van der Waals surface area contributed by atoms with Crippen LogP contribution in [0.1, 0.15) is 36.0 Å². The van der Waals surface area contributed by atoms with E-state index >= 15 is 0 Å². The molecule has 172 valence electrons. The first-order chi connectivity index (χ1) is 16.0. The van der Waals surface area contributed by atoms with Gasteiger partial charge in [0.05, 0.1) is 5.41 Å². The number of halogens is 1. The molecule has 0 aromatic heterocycles. The summed E-state index contributed by atoms with van der Waals surface area (Å²) >= 11 is 0. The van der Waals surface area contributed by atoms with Crippen LogP contribution in [-0.2, 0) is 15.0 Å². The highest BCUT2D eigenvalue weighted by Crippen LogP contribution is 2.42. The molecule has 2 atom stereocenters. The second-order valence-corrected chi connectivity index (χ2v) is 8.04. The number of carboxylic acids is 1. The minimum Gasteiger partial charge on any atom is -0.480 e. The molecule has 0 aliphatic rings. The van der Waals surface area contributed by atoms with Crippen molar-refractivity contribution >= 4 is 11.9 Å². The molecule has 1 unspecified atom stereocenters. The summed E-state index contributed by atoms with van der Waals surface area (Å²) in [4.78, 5) is 22.9. The van der Waals surface area contributed by atoms with E-state index in [0.717, 1.165) is 16.7 Å². The molecule has 3 rings (SSSR count). The van der Waals surface area contributed by atoms with Crippen molar-refractivity contribution in [2.45, 2.75) is 36.8 Å². The standard InChI is InChI=1S/C27H29FN2O3/c28-19-25(31)30-23(26(32)33)17-10-18-24(29)27(20-11-4-1-5-12-20,21-13-6-2-7-14-21)22-15-8-3-9-16-22/h1-9,11-16,23-24H,10,17-19,29H2,(H,30,31)(H,32,33)/t23-,24?/m0/s1. The van der Waals surface area contributed by atoms with Crippen molar-refractivity contribution in [2.24, 2.45) is 5.73 Å². The van der Waals surface area contributed by atoms with E-state index in [2.05, 4.69) is 41.7 Å². The average Bonchev–Trinajstić information content (AvgIpc) is 2.85. The minimum absolute atomic E-state index is 0.156. The third-order valence-corrected chi connectivity index (χ3v) is 6.01. The van der Waals surface area contributed by atoms with E-state index in [0.29, 0.717) is 12.8 Å². The van der Waals surface area contributed by atoms with Gasteiger partial charge in [-0.3, -0.25) is 4.79 Å². The van der Waals surface area contributed by atoms with Crippen LogP contribution in [-0.4, -0.2) is 35.7 Å². The number of aliphatic carboxylic acids is 1. The average molecular weight is 449 g/mol. The van der Waals surface area contributed by atoms with E-state index in [1.807, 2.05) is 54.6 Å². The van der Waals surface area contributed by atoms with E-state index in [1.54, 1.807) is 0 Å². The molecule has 0 radical (unpaired) electrons. The van der Waals surface area contributed by atoms with Crippen LogP contribution < -0.4 is 11.1 Å². The second kappa shape index (κ2) is 11.4. The maximum Gasteiger partial charge on any atom is 0.326 e. The molecule has 0 bridgehead atoms. The van der Waals surface area contributed by atoms with Crippen molar-refractivity contribution in [1.29, 1.82) is 0 Å². The van der Waals surface area contributed by atoms with Crippen molar-refractivity contribution in [3.05, 3.63) is 108 Å². The maximum atomic E-state index is 12.6. The fourth-order valence-corrected chi connectivity index (χ4v) is 4.49. The van der Waals surface area contributed by atoms with Crippen molar-refractivity contribution in [1.82, 2.24) is 5.32 Å². The molecule has 5 nitrogen and oxygen atoms in total. The van der Waals surface area contributed by atoms with E-state index in [9.17, 15) is 19.1 Å². The SMILES string of the molecule is NC(CCC[C@H](NC(=O)CF)C(=O)O)C(c1ccccc1)(c1ccccc1)c1ccccc1. The predicted molar refractivity (Wildman–Crippen MR) is 127 cm³/mol. The van der Waals surface area contributed by atoms with Gasteiger partial charge in [-0.05, 0) is 36.0 Å². The smallest absolute Gasteiger partial charge is 0.326 e. The summed E-state index contributed by atoms with van der Waals surface area (Å²) in [6.07, 6.45) is 1.09. The number of amides is 1. The molecule has 0 spiro atoms. The lowest BCUT2D eigenvalue weighted by Gasteiger charge is -2.41. The Balaban J connectivity index is 1.97. The number of carbonyl (C=O) groups excluding carboxylic acids is 1. The number of nitrogens with one attached hydrogen (secondary N) is 1. The number of benzene rings is 3. The lowest BCUT2D eigenvalue weighted by atomic mass is 9.64. The summed E-state index contributed by atoms with van der Waals surface area (Å²) < 4.78 is 12.6. The quantitative estimate of drug-likeness (QED) is 0.386. The van der Waals surface area contributed by atoms with E-state index < -0.39 is 36.0 Å². The summed E-state index contributed by atoms with van der Waals surface area (Å²) in [7, 11) is 0. The third kappa shape index (κ3) is 5.46. The number of nitrogens with two attached hydrogens (primary N) is 1. The molecule has 33 heavy (non-hydrogen) atoms. The van der Waals surface area contributed by atoms with Crippen molar-refractivity contribution in [3.8, 4) is 0 Å². The molecule has 3 aromatic rings. The van der Waals surface area contributed by atoms with Crippen LogP contribution in [0.25, 0.3) is 0 Å². The Hall–Kier alpha value is -3.51. The largest absolute Gasteiger partial charge is 0.480 e. The van der Waals surface area contributed by atoms with Crippen molar-refractivity contribution < 1.29 is 19.1 Å². The number of rotatable bonds is 11. The second-order valence-electron chi connectivity index (χ2n) is 8.04. The highest BCUT2D eigenvalue weighted by Gasteiger charge is 2.41. The van der Waals surface area contributed by atoms with Gasteiger partial charge in [0, 0.05) is 6.04 Å². The van der Waals surface area contributed by atoms with Gasteiger partial charge < -0.3 is 16.2 Å². The van der Waals surface area contributed by atoms with Crippen LogP contribution in [0.4, 0.5) is 4.39 Å². The molecule has 0 heterocycles. The molecular formula is C27H29FN2O3. The molecule has 0 aliphatic heterocycles. The molecule has 1 amide bonds. The third-order valence-electron chi connectivity index (χ3n) is 6.01. The first-order valence-corrected chi connectivity index (χ1v) is 11.0. The molecule has 0 aliphatic carbocycles. The Morgan fingerprint density at radius 1 is 0.818 bits per heavy atom. The van der Waals surface area contributed by atoms with Crippen LogP contribution >= 0.6 is 0 Å². The zero-order chi connectivity index (χ0) is 23.7. The van der Waals surface area contributed by atoms with E-state index in [1.165, 1.54) is 0 Å². The number of hydrogen-bond donors (Lipinski definition) is 3. The van der Waals surface area contributed by atoms with Gasteiger partial charge >= 0.3 is 5.97 Å². The Morgan fingerprint density at radius 3 is 1.61 bits per heavy atom. The number of alkyl halides is 1. The molecule has 0 saturated carbocycles. The van der Waals surface area contributed by atoms with Gasteiger partial charge in [0.25, 0.3) is 5.91 Å². The fraction of sp³-hybridized carbons (Fsp3) is 0.259. The summed E-state index contributed by atoms with van der Waals surface area (Å²) in [5.41, 5.74) is 9.39. The van der Waals surface area contributed by atoms with Crippen LogP contribution in [0.5, 0.6) is 0 Å². The molecule has 0 saturated heterocycles. The monoisotopic (exact) mass is 448 g/mol. The molecule has 4 N–H and O–H groups in total. The fourth-order valence-electron chi connectivity index (χ4n) is 4.49. The van der Waals surface area contributed by atoms with Crippen LogP contribution in [0.3, 0.4) is 0 Å². The molecule has 3 aromatic carbocycles. The van der Waals surface area contributed by atoms with Crippen LogP contribution in [0.2, 0.25) is 0 Å². The first kappa shape index (κ1) is 24.1. The van der Waals surface area contributed by atoms with E-state index in [-0.39, 0.29) is 6.42 Å². The molecule has 0 fully saturated rings. The lowest BCUT2D eigenvalue weighted by Crippen LogP contribution is -2.48. The Labute approximate surface area is 193 Å². The number of hydrogen-bond acceptors (Lipinski definition) is 3.